The van der Waals surface area contributed by atoms with Gasteiger partial charge in [-0.3, -0.25) is 0 Å². The van der Waals surface area contributed by atoms with Crippen molar-refractivity contribution in [3.05, 3.63) is 131 Å². The summed E-state index contributed by atoms with van der Waals surface area (Å²) in [4.78, 5) is 0. The first-order chi connectivity index (χ1) is 24.9. The van der Waals surface area contributed by atoms with Crippen LogP contribution in [0.3, 0.4) is 0 Å². The predicted molar refractivity (Wildman–Crippen MR) is 232 cm³/mol. The molecule has 0 amide bonds. The van der Waals surface area contributed by atoms with Crippen LogP contribution in [-0.2, 0) is 26.3 Å². The van der Waals surface area contributed by atoms with Crippen LogP contribution in [0.2, 0.25) is 13.1 Å². The molecular weight excluding hydrogens is 767 g/mol. The molecule has 0 nitrogen and oxygen atoms in total. The Morgan fingerprint density at radius 1 is 0.750 bits per heavy atom. The van der Waals surface area contributed by atoms with Crippen molar-refractivity contribution in [1.29, 1.82) is 0 Å². The Bertz CT molecular complexity index is 1930. The van der Waals surface area contributed by atoms with Gasteiger partial charge in [0.05, 0.1) is 0 Å². The number of halogens is 2. The summed E-state index contributed by atoms with van der Waals surface area (Å²) in [7, 11) is 11.0. The molecule has 0 heterocycles. The number of aryl methyl sites for hydroxylation is 1. The van der Waals surface area contributed by atoms with E-state index in [1.165, 1.54) is 92.6 Å². The van der Waals surface area contributed by atoms with Gasteiger partial charge in [-0.15, -0.1) is 69.1 Å². The Morgan fingerprint density at radius 2 is 1.23 bits per heavy atom. The number of benzene rings is 4. The Morgan fingerprint density at radius 3 is 1.73 bits per heavy atom. The van der Waals surface area contributed by atoms with Gasteiger partial charge < -0.3 is 0 Å². The van der Waals surface area contributed by atoms with Gasteiger partial charge in [-0.2, -0.15) is 12.1 Å². The summed E-state index contributed by atoms with van der Waals surface area (Å²) in [6.07, 6.45) is 6.66. The molecule has 0 bridgehead atoms. The van der Waals surface area contributed by atoms with Crippen molar-refractivity contribution in [2.45, 2.75) is 111 Å². The summed E-state index contributed by atoms with van der Waals surface area (Å²) in [5, 5.41) is 5.52. The predicted octanol–water partition coefficient (Wildman–Crippen LogP) is 16.0. The summed E-state index contributed by atoms with van der Waals surface area (Å²) < 4.78 is 0. The number of fused-ring (bicyclic) bond motifs is 2. The molecule has 0 aromatic heterocycles. The third kappa shape index (κ3) is 11.4. The van der Waals surface area contributed by atoms with Gasteiger partial charge in [-0.25, -0.2) is 0 Å². The van der Waals surface area contributed by atoms with E-state index in [9.17, 15) is 0 Å². The second kappa shape index (κ2) is 20.5. The van der Waals surface area contributed by atoms with Crippen molar-refractivity contribution in [2.24, 2.45) is 5.92 Å². The molecule has 1 fully saturated rings. The van der Waals surface area contributed by atoms with E-state index in [2.05, 4.69) is 171 Å². The fraction of sp³-hybridized carbons (Fsp3) is 0.375. The first kappa shape index (κ1) is 42.5. The quantitative estimate of drug-likeness (QED) is 0.120. The van der Waals surface area contributed by atoms with Crippen molar-refractivity contribution >= 4 is 48.1 Å². The Kier molecular flexibility index (Phi) is 16.7. The minimum absolute atomic E-state index is 0.204. The molecule has 4 heteroatoms. The number of hydrogen-bond donors (Lipinski definition) is 0. The van der Waals surface area contributed by atoms with Gasteiger partial charge in [0.25, 0.3) is 0 Å². The summed E-state index contributed by atoms with van der Waals surface area (Å²) in [6, 6.07) is 41.0. The maximum atomic E-state index is 4.93. The molecule has 2 radical (unpaired) electrons. The second-order valence-corrected chi connectivity index (χ2v) is 20.5. The zero-order valence-electron chi connectivity index (χ0n) is 32.9. The molecule has 1 atom stereocenters. The molecule has 0 N–H and O–H groups in total. The van der Waals surface area contributed by atoms with Crippen LogP contribution < -0.4 is 0 Å². The average Bonchev–Trinajstić information content (AvgIpc) is 3.75. The third-order valence-electron chi connectivity index (χ3n) is 10.6. The van der Waals surface area contributed by atoms with E-state index in [0.717, 1.165) is 21.4 Å². The summed E-state index contributed by atoms with van der Waals surface area (Å²) in [5.41, 5.74) is 11.3. The number of hydrogen-bond acceptors (Lipinski definition) is 0. The van der Waals surface area contributed by atoms with Gasteiger partial charge in [0.15, 0.2) is 0 Å². The van der Waals surface area contributed by atoms with Crippen molar-refractivity contribution in [1.82, 2.24) is 0 Å². The Hall–Kier alpha value is -2.22. The van der Waals surface area contributed by atoms with E-state index in [1.54, 1.807) is 5.56 Å². The Balaban J connectivity index is 0.000000207. The molecular formula is C48H58Cl2SiZr. The molecule has 1 aliphatic rings. The second-order valence-electron chi connectivity index (χ2n) is 15.7. The molecule has 1 unspecified atom stereocenters. The van der Waals surface area contributed by atoms with Crippen LogP contribution in [-0.4, -0.2) is 9.52 Å². The van der Waals surface area contributed by atoms with E-state index < -0.39 is 20.8 Å². The zero-order chi connectivity index (χ0) is 37.8. The topological polar surface area (TPSA) is 0 Å². The van der Waals surface area contributed by atoms with Gasteiger partial charge in [0, 0.05) is 9.52 Å². The molecule has 52 heavy (non-hydrogen) atoms. The normalized spacial score (nSPS) is 16.1. The standard InChI is InChI=1S/C26H31.C20H21.C2H6Si.2ClH.Zr/c1-18-8-10-19(11-9-18)22-16-21-6-5-7-24(25(21)17-22)20-12-14-23(15-13-20)26(2,3)4;1-4-15(3)16-8-10-17(11-9-16)19-7-5-6-18-12-14(2)13-20(18)19;1-3-2;;;/h5-7,12-19H,8-11H2,1-4H3;5-13,15H,4H2,1-3H3;1-2H3;2*1H;/q2*-1;;;;+4/p-2. The zero-order valence-corrected chi connectivity index (χ0v) is 37.9. The van der Waals surface area contributed by atoms with Crippen molar-refractivity contribution in [2.75, 3.05) is 0 Å². The van der Waals surface area contributed by atoms with Crippen LogP contribution in [0.25, 0.3) is 43.8 Å². The van der Waals surface area contributed by atoms with Crippen LogP contribution in [0, 0.1) is 12.8 Å². The summed E-state index contributed by atoms with van der Waals surface area (Å²) in [6.45, 7) is 20.2. The Labute approximate surface area is 337 Å². The maximum absolute atomic E-state index is 4.93. The van der Waals surface area contributed by atoms with Crippen molar-refractivity contribution in [3.63, 3.8) is 0 Å². The van der Waals surface area contributed by atoms with Crippen molar-refractivity contribution < 1.29 is 20.8 Å². The van der Waals surface area contributed by atoms with Gasteiger partial charge in [-0.05, 0) is 64.7 Å². The van der Waals surface area contributed by atoms with E-state index in [0.29, 0.717) is 5.92 Å². The van der Waals surface area contributed by atoms with Crippen molar-refractivity contribution in [3.8, 4) is 22.3 Å². The molecule has 0 aliphatic heterocycles. The van der Waals surface area contributed by atoms with Gasteiger partial charge >= 0.3 is 37.9 Å². The molecule has 6 aromatic carbocycles. The molecule has 272 valence electrons. The summed E-state index contributed by atoms with van der Waals surface area (Å²) >= 11 is -0.826. The fourth-order valence-corrected chi connectivity index (χ4v) is 7.35. The number of rotatable bonds is 5. The van der Waals surface area contributed by atoms with Gasteiger partial charge in [-0.1, -0.05) is 146 Å². The van der Waals surface area contributed by atoms with E-state index in [1.807, 2.05) is 0 Å². The third-order valence-corrected chi connectivity index (χ3v) is 10.6. The van der Waals surface area contributed by atoms with Crippen LogP contribution in [0.5, 0.6) is 0 Å². The first-order valence-electron chi connectivity index (χ1n) is 19.0. The summed E-state index contributed by atoms with van der Waals surface area (Å²) in [5.74, 6) is 2.31. The van der Waals surface area contributed by atoms with E-state index in [4.69, 9.17) is 17.0 Å². The molecule has 6 aromatic rings. The monoisotopic (exact) mass is 822 g/mol. The molecule has 0 spiro atoms. The molecule has 7 rings (SSSR count). The van der Waals surface area contributed by atoms with Crippen LogP contribution in [0.4, 0.5) is 0 Å². The van der Waals surface area contributed by atoms with Crippen LogP contribution in [0.15, 0.2) is 109 Å². The first-order valence-corrected chi connectivity index (χ1v) is 27.4. The van der Waals surface area contributed by atoms with Gasteiger partial charge in [0.1, 0.15) is 0 Å². The van der Waals surface area contributed by atoms with Gasteiger partial charge in [0.2, 0.25) is 0 Å². The molecule has 0 saturated heterocycles. The van der Waals surface area contributed by atoms with E-state index in [-0.39, 0.29) is 5.41 Å². The van der Waals surface area contributed by atoms with Crippen LogP contribution >= 0.6 is 17.0 Å². The SMILES string of the molecule is CC1CCC(c2cc3c(-c4ccc(C(C)(C)C)cc4)cccc3[cH-]2)CC1.CCC(C)c1ccc(-c2cccc3[cH-]c(C)cc23)cc1.C[Si]C.[Cl][Zr+2][Cl]. The molecule has 1 saturated carbocycles. The average molecular weight is 825 g/mol. The van der Waals surface area contributed by atoms with E-state index >= 15 is 0 Å². The van der Waals surface area contributed by atoms with Crippen LogP contribution in [0.1, 0.15) is 108 Å². The minimum atomic E-state index is -0.826. The fourth-order valence-electron chi connectivity index (χ4n) is 7.35. The molecule has 1 aliphatic carbocycles.